The summed E-state index contributed by atoms with van der Waals surface area (Å²) in [6, 6.07) is 23.6. The summed E-state index contributed by atoms with van der Waals surface area (Å²) in [6.45, 7) is 0. The molecule has 1 aliphatic rings. The fraction of sp³-hybridized carbons (Fsp3) is 0.0417. The highest BCUT2D eigenvalue weighted by Gasteiger charge is 2.13. The third-order valence-electron chi connectivity index (χ3n) is 4.98. The summed E-state index contributed by atoms with van der Waals surface area (Å²) in [5.74, 6) is 0.229. The first-order valence-corrected chi connectivity index (χ1v) is 8.72. The molecule has 2 heteroatoms. The van der Waals surface area contributed by atoms with Crippen LogP contribution in [0, 0.1) is 0 Å². The molecule has 0 amide bonds. The highest BCUT2D eigenvalue weighted by Crippen LogP contribution is 2.34. The van der Waals surface area contributed by atoms with Crippen molar-refractivity contribution in [3.8, 4) is 5.75 Å². The molecule has 0 saturated heterocycles. The first-order chi connectivity index (χ1) is 12.8. The van der Waals surface area contributed by atoms with Crippen molar-refractivity contribution in [2.45, 2.75) is 6.42 Å². The Morgan fingerprint density at radius 2 is 1.62 bits per heavy atom. The van der Waals surface area contributed by atoms with Crippen molar-refractivity contribution in [2.75, 3.05) is 0 Å². The number of carbonyl (C=O) groups excluding carboxylic acids is 1. The second-order valence-electron chi connectivity index (χ2n) is 6.54. The van der Waals surface area contributed by atoms with Crippen molar-refractivity contribution in [1.29, 1.82) is 0 Å². The Kier molecular flexibility index (Phi) is 3.36. The smallest absolute Gasteiger partial charge is 0.343 e. The fourth-order valence-electron chi connectivity index (χ4n) is 3.69. The van der Waals surface area contributed by atoms with Crippen LogP contribution in [0.1, 0.15) is 21.5 Å². The van der Waals surface area contributed by atoms with E-state index >= 15 is 0 Å². The molecule has 5 rings (SSSR count). The molecule has 0 heterocycles. The average molecular weight is 336 g/mol. The predicted octanol–water partition coefficient (Wildman–Crippen LogP) is 5.78. The number of hydrogen-bond acceptors (Lipinski definition) is 2. The lowest BCUT2D eigenvalue weighted by atomic mass is 9.96. The third-order valence-corrected chi connectivity index (χ3v) is 4.98. The van der Waals surface area contributed by atoms with E-state index < -0.39 is 0 Å². The van der Waals surface area contributed by atoms with Gasteiger partial charge in [0.15, 0.2) is 0 Å². The Hall–Kier alpha value is -3.39. The lowest BCUT2D eigenvalue weighted by Crippen LogP contribution is -2.07. The lowest BCUT2D eigenvalue weighted by molar-refractivity contribution is 0.0735. The normalized spacial score (nSPS) is 12.5. The maximum Gasteiger partial charge on any atom is 0.343 e. The molecule has 0 fully saturated rings. The van der Waals surface area contributed by atoms with Crippen LogP contribution in [0.2, 0.25) is 0 Å². The maximum atomic E-state index is 12.3. The molecule has 124 valence electrons. The van der Waals surface area contributed by atoms with Crippen LogP contribution < -0.4 is 4.74 Å². The van der Waals surface area contributed by atoms with E-state index in [1.165, 1.54) is 21.9 Å². The van der Waals surface area contributed by atoms with Gasteiger partial charge >= 0.3 is 5.97 Å². The first-order valence-electron chi connectivity index (χ1n) is 8.72. The molecule has 0 unspecified atom stereocenters. The Balaban J connectivity index is 1.60. The number of fused-ring (bicyclic) bond motifs is 5. The number of hydrogen-bond donors (Lipinski definition) is 0. The van der Waals surface area contributed by atoms with Gasteiger partial charge in [0.1, 0.15) is 5.75 Å². The van der Waals surface area contributed by atoms with Gasteiger partial charge in [0.05, 0.1) is 5.56 Å². The van der Waals surface area contributed by atoms with Crippen LogP contribution in [-0.2, 0) is 6.42 Å². The molecule has 0 bridgehead atoms. The van der Waals surface area contributed by atoms with E-state index in [0.29, 0.717) is 11.3 Å². The van der Waals surface area contributed by atoms with Gasteiger partial charge in [-0.05, 0) is 63.4 Å². The minimum Gasteiger partial charge on any atom is -0.423 e. The number of benzene rings is 4. The summed E-state index contributed by atoms with van der Waals surface area (Å²) in [6.07, 6.45) is 5.35. The fourth-order valence-corrected chi connectivity index (χ4v) is 3.69. The van der Waals surface area contributed by atoms with E-state index in [1.54, 1.807) is 12.1 Å². The van der Waals surface area contributed by atoms with Crippen LogP contribution in [0.4, 0.5) is 0 Å². The molecule has 1 aliphatic carbocycles. The second-order valence-corrected chi connectivity index (χ2v) is 6.54. The first kappa shape index (κ1) is 14.9. The highest BCUT2D eigenvalue weighted by molar-refractivity contribution is 6.10. The van der Waals surface area contributed by atoms with Gasteiger partial charge < -0.3 is 4.74 Å². The van der Waals surface area contributed by atoms with E-state index in [0.717, 1.165) is 17.2 Å². The second kappa shape index (κ2) is 5.85. The molecule has 0 spiro atoms. The minimum atomic E-state index is -0.338. The van der Waals surface area contributed by atoms with Crippen molar-refractivity contribution in [3.05, 3.63) is 95.6 Å². The third kappa shape index (κ3) is 2.39. The summed E-state index contributed by atoms with van der Waals surface area (Å²) in [5, 5.41) is 4.72. The summed E-state index contributed by atoms with van der Waals surface area (Å²) in [5.41, 5.74) is 3.22. The predicted molar refractivity (Wildman–Crippen MR) is 106 cm³/mol. The largest absolute Gasteiger partial charge is 0.423 e. The van der Waals surface area contributed by atoms with Crippen molar-refractivity contribution < 1.29 is 9.53 Å². The van der Waals surface area contributed by atoms with Crippen molar-refractivity contribution in [3.63, 3.8) is 0 Å². The van der Waals surface area contributed by atoms with Gasteiger partial charge in [0.25, 0.3) is 0 Å². The summed E-state index contributed by atoms with van der Waals surface area (Å²) in [4.78, 5) is 12.3. The molecule has 26 heavy (non-hydrogen) atoms. The van der Waals surface area contributed by atoms with Crippen LogP contribution in [0.15, 0.2) is 78.9 Å². The van der Waals surface area contributed by atoms with E-state index in [1.807, 2.05) is 36.4 Å². The van der Waals surface area contributed by atoms with Gasteiger partial charge in [-0.25, -0.2) is 4.79 Å². The number of carbonyl (C=O) groups is 1. The molecular weight excluding hydrogens is 320 g/mol. The summed E-state index contributed by atoms with van der Waals surface area (Å²) < 4.78 is 5.60. The zero-order chi connectivity index (χ0) is 17.5. The molecule has 4 aromatic rings. The van der Waals surface area contributed by atoms with Gasteiger partial charge in [-0.2, -0.15) is 0 Å². The van der Waals surface area contributed by atoms with Crippen molar-refractivity contribution in [2.24, 2.45) is 0 Å². The molecule has 0 aliphatic heterocycles. The molecule has 0 aromatic heterocycles. The van der Waals surface area contributed by atoms with E-state index in [2.05, 4.69) is 36.4 Å². The minimum absolute atomic E-state index is 0.338. The number of ether oxygens (including phenoxy) is 1. The number of esters is 1. The summed E-state index contributed by atoms with van der Waals surface area (Å²) >= 11 is 0. The summed E-state index contributed by atoms with van der Waals surface area (Å²) in [7, 11) is 0. The van der Waals surface area contributed by atoms with Crippen LogP contribution in [0.25, 0.3) is 27.6 Å². The van der Waals surface area contributed by atoms with Crippen LogP contribution >= 0.6 is 0 Å². The molecule has 2 nitrogen and oxygen atoms in total. The van der Waals surface area contributed by atoms with Crippen LogP contribution in [0.5, 0.6) is 5.75 Å². The van der Waals surface area contributed by atoms with E-state index in [9.17, 15) is 4.79 Å². The SMILES string of the molecule is O=C(Oc1ccc2ccc3c4c(ccc3c2c1)C=CC4)c1ccccc1. The molecule has 0 saturated carbocycles. The standard InChI is InChI=1S/C24H16O2/c25-24(18-5-2-1-3-6-18)26-19-12-9-17-11-13-21-20-8-4-7-16(20)10-14-22(21)23(17)15-19/h1-7,9-15H,8H2. The lowest BCUT2D eigenvalue weighted by Gasteiger charge is -2.10. The van der Waals surface area contributed by atoms with Crippen molar-refractivity contribution >= 4 is 33.6 Å². The van der Waals surface area contributed by atoms with Gasteiger partial charge in [-0.15, -0.1) is 0 Å². The van der Waals surface area contributed by atoms with Crippen LogP contribution in [-0.4, -0.2) is 5.97 Å². The average Bonchev–Trinajstić information content (AvgIpc) is 3.17. The monoisotopic (exact) mass is 336 g/mol. The Bertz CT molecular complexity index is 1190. The van der Waals surface area contributed by atoms with E-state index in [4.69, 9.17) is 4.74 Å². The maximum absolute atomic E-state index is 12.3. The molecular formula is C24H16O2. The van der Waals surface area contributed by atoms with E-state index in [-0.39, 0.29) is 5.97 Å². The highest BCUT2D eigenvalue weighted by atomic mass is 16.5. The van der Waals surface area contributed by atoms with Gasteiger partial charge in [0, 0.05) is 0 Å². The van der Waals surface area contributed by atoms with Gasteiger partial charge in [-0.3, -0.25) is 0 Å². The topological polar surface area (TPSA) is 26.3 Å². The number of allylic oxidation sites excluding steroid dienone is 1. The van der Waals surface area contributed by atoms with Crippen LogP contribution in [0.3, 0.4) is 0 Å². The molecule has 0 N–H and O–H groups in total. The number of rotatable bonds is 2. The molecule has 0 atom stereocenters. The quantitative estimate of drug-likeness (QED) is 0.263. The Morgan fingerprint density at radius 3 is 2.50 bits per heavy atom. The zero-order valence-corrected chi connectivity index (χ0v) is 14.1. The Morgan fingerprint density at radius 1 is 0.808 bits per heavy atom. The molecule has 4 aromatic carbocycles. The zero-order valence-electron chi connectivity index (χ0n) is 14.1. The van der Waals surface area contributed by atoms with Gasteiger partial charge in [0.2, 0.25) is 0 Å². The Labute approximate surface area is 151 Å². The molecule has 0 radical (unpaired) electrons. The van der Waals surface area contributed by atoms with Gasteiger partial charge in [-0.1, -0.05) is 60.7 Å². The van der Waals surface area contributed by atoms with Crippen molar-refractivity contribution in [1.82, 2.24) is 0 Å².